The Balaban J connectivity index is 3.44. The van der Waals surface area contributed by atoms with Crippen LogP contribution < -0.4 is 0 Å². The molecule has 3 nitrogen and oxygen atoms in total. The maximum atomic E-state index is 10.0. The smallest absolute Gasteiger partial charge is 0.406 e. The summed E-state index contributed by atoms with van der Waals surface area (Å²) in [7, 11) is 0. The second-order valence-electron chi connectivity index (χ2n) is 1.93. The van der Waals surface area contributed by atoms with E-state index in [0.717, 1.165) is 6.42 Å². The molecule has 0 aromatic heterocycles. The van der Waals surface area contributed by atoms with Crippen molar-refractivity contribution in [2.24, 2.45) is 0 Å². The molecule has 0 saturated heterocycles. The topological polar surface area (TPSA) is 46.5 Å². The lowest BCUT2D eigenvalue weighted by Gasteiger charge is -2.05. The van der Waals surface area contributed by atoms with E-state index in [2.05, 4.69) is 4.74 Å². The molecule has 0 spiro atoms. The molecular weight excluding hydrogens is 168 g/mol. The van der Waals surface area contributed by atoms with E-state index < -0.39 is 11.7 Å². The Bertz CT molecular complexity index is 145. The van der Waals surface area contributed by atoms with E-state index in [9.17, 15) is 4.79 Å². The molecule has 0 fully saturated rings. The molecule has 0 radical (unpaired) electrons. The molecule has 0 aliphatic heterocycles. The highest BCUT2D eigenvalue weighted by atomic mass is 35.5. The van der Waals surface area contributed by atoms with Crippen LogP contribution in [0.1, 0.15) is 19.8 Å². The molecule has 0 amide bonds. The van der Waals surface area contributed by atoms with Crippen molar-refractivity contribution in [1.82, 2.24) is 0 Å². The highest BCUT2D eigenvalue weighted by molar-refractivity contribution is 6.61. The zero-order valence-electron chi connectivity index (χ0n) is 6.29. The molecule has 11 heavy (non-hydrogen) atoms. The van der Waals surface area contributed by atoms with Crippen LogP contribution >= 0.6 is 11.6 Å². The van der Waals surface area contributed by atoms with Gasteiger partial charge in [-0.05, 0) is 6.42 Å². The highest BCUT2D eigenvalue weighted by Gasteiger charge is 2.04. The standard InChI is InChI=1S/C7H11ClO3/c1-2-3-4-5-6(9)11-7(8)10/h3-4,6,9H,2,5H2,1H3. The average Bonchev–Trinajstić information content (AvgIpc) is 1.86. The quantitative estimate of drug-likeness (QED) is 0.407. The van der Waals surface area contributed by atoms with Crippen molar-refractivity contribution >= 4 is 17.0 Å². The van der Waals surface area contributed by atoms with Crippen LogP contribution in [0.3, 0.4) is 0 Å². The second kappa shape index (κ2) is 6.19. The van der Waals surface area contributed by atoms with Gasteiger partial charge >= 0.3 is 5.43 Å². The molecule has 0 aliphatic carbocycles. The number of carbonyl (C=O) groups excluding carboxylic acids is 1. The van der Waals surface area contributed by atoms with Crippen molar-refractivity contribution in [1.29, 1.82) is 0 Å². The molecule has 0 aliphatic rings. The van der Waals surface area contributed by atoms with Crippen molar-refractivity contribution in [3.05, 3.63) is 12.2 Å². The Hall–Kier alpha value is -0.540. The predicted molar refractivity (Wildman–Crippen MR) is 42.4 cm³/mol. The first-order valence-electron chi connectivity index (χ1n) is 3.36. The Morgan fingerprint density at radius 2 is 2.36 bits per heavy atom. The molecule has 0 rings (SSSR count). The van der Waals surface area contributed by atoms with E-state index in [0.29, 0.717) is 0 Å². The van der Waals surface area contributed by atoms with Crippen LogP contribution in [0.2, 0.25) is 0 Å². The number of hydrogen-bond acceptors (Lipinski definition) is 3. The van der Waals surface area contributed by atoms with Crippen molar-refractivity contribution in [2.45, 2.75) is 26.1 Å². The number of rotatable bonds is 4. The summed E-state index contributed by atoms with van der Waals surface area (Å²) < 4.78 is 4.23. The fourth-order valence-corrected chi connectivity index (χ4v) is 0.637. The fraction of sp³-hybridized carbons (Fsp3) is 0.571. The van der Waals surface area contributed by atoms with Crippen LogP contribution in [0.15, 0.2) is 12.2 Å². The van der Waals surface area contributed by atoms with Gasteiger partial charge in [0.15, 0.2) is 0 Å². The molecule has 1 unspecified atom stereocenters. The van der Waals surface area contributed by atoms with Crippen LogP contribution in [-0.4, -0.2) is 16.8 Å². The number of aliphatic hydroxyl groups excluding tert-OH is 1. The molecule has 0 heterocycles. The van der Waals surface area contributed by atoms with Crippen LogP contribution in [-0.2, 0) is 4.74 Å². The lowest BCUT2D eigenvalue weighted by molar-refractivity contribution is -0.0386. The molecule has 0 bridgehead atoms. The molecular formula is C7H11ClO3. The molecule has 64 valence electrons. The summed E-state index contributed by atoms with van der Waals surface area (Å²) in [4.78, 5) is 10.0. The lowest BCUT2D eigenvalue weighted by atomic mass is 10.3. The van der Waals surface area contributed by atoms with Gasteiger partial charge < -0.3 is 9.84 Å². The molecule has 0 aromatic rings. The minimum absolute atomic E-state index is 0.284. The monoisotopic (exact) mass is 178 g/mol. The van der Waals surface area contributed by atoms with Crippen LogP contribution in [0.25, 0.3) is 0 Å². The summed E-state index contributed by atoms with van der Waals surface area (Å²) in [6.45, 7) is 1.97. The van der Waals surface area contributed by atoms with E-state index >= 15 is 0 Å². The number of halogens is 1. The van der Waals surface area contributed by atoms with E-state index in [1.807, 2.05) is 13.0 Å². The third kappa shape index (κ3) is 7.36. The minimum Gasteiger partial charge on any atom is -0.424 e. The van der Waals surface area contributed by atoms with Crippen molar-refractivity contribution < 1.29 is 14.6 Å². The van der Waals surface area contributed by atoms with Gasteiger partial charge in [-0.15, -0.1) is 0 Å². The maximum absolute atomic E-state index is 10.0. The number of ether oxygens (including phenoxy) is 1. The summed E-state index contributed by atoms with van der Waals surface area (Å²) >= 11 is 4.84. The second-order valence-corrected chi connectivity index (χ2v) is 2.23. The van der Waals surface area contributed by atoms with Gasteiger partial charge in [0.25, 0.3) is 0 Å². The first kappa shape index (κ1) is 10.5. The van der Waals surface area contributed by atoms with Gasteiger partial charge in [-0.3, -0.25) is 0 Å². The average molecular weight is 179 g/mol. The molecule has 0 aromatic carbocycles. The van der Waals surface area contributed by atoms with Gasteiger partial charge in [-0.25, -0.2) is 4.79 Å². The maximum Gasteiger partial charge on any atom is 0.406 e. The Kier molecular flexibility index (Phi) is 5.88. The number of carbonyl (C=O) groups is 1. The first-order chi connectivity index (χ1) is 5.16. The normalized spacial score (nSPS) is 13.4. The van der Waals surface area contributed by atoms with E-state index in [4.69, 9.17) is 16.7 Å². The number of hydrogen-bond donors (Lipinski definition) is 1. The van der Waals surface area contributed by atoms with Crippen molar-refractivity contribution in [2.75, 3.05) is 0 Å². The van der Waals surface area contributed by atoms with Crippen LogP contribution in [0.4, 0.5) is 4.79 Å². The molecule has 1 N–H and O–H groups in total. The summed E-state index contributed by atoms with van der Waals surface area (Å²) in [5.74, 6) is 0. The van der Waals surface area contributed by atoms with Gasteiger partial charge in [-0.2, -0.15) is 0 Å². The third-order valence-corrected chi connectivity index (χ3v) is 1.06. The SMILES string of the molecule is CCC=CCC(O)OC(=O)Cl. The summed E-state index contributed by atoms with van der Waals surface area (Å²) in [6, 6.07) is 0. The Morgan fingerprint density at radius 1 is 1.73 bits per heavy atom. The Labute approximate surface area is 70.6 Å². The zero-order chi connectivity index (χ0) is 8.69. The zero-order valence-corrected chi connectivity index (χ0v) is 7.04. The molecule has 4 heteroatoms. The van der Waals surface area contributed by atoms with Crippen LogP contribution in [0.5, 0.6) is 0 Å². The lowest BCUT2D eigenvalue weighted by Crippen LogP contribution is -2.11. The van der Waals surface area contributed by atoms with E-state index in [1.165, 1.54) is 0 Å². The van der Waals surface area contributed by atoms with Gasteiger partial charge in [-0.1, -0.05) is 19.1 Å². The largest absolute Gasteiger partial charge is 0.424 e. The first-order valence-corrected chi connectivity index (χ1v) is 3.73. The fourth-order valence-electron chi connectivity index (χ4n) is 0.534. The summed E-state index contributed by atoms with van der Waals surface area (Å²) in [5.41, 5.74) is -0.984. The third-order valence-electron chi connectivity index (χ3n) is 0.969. The predicted octanol–water partition coefficient (Wildman–Crippen LogP) is 2.04. The van der Waals surface area contributed by atoms with Crippen molar-refractivity contribution in [3.63, 3.8) is 0 Å². The van der Waals surface area contributed by atoms with Crippen molar-refractivity contribution in [3.8, 4) is 0 Å². The van der Waals surface area contributed by atoms with Gasteiger partial charge in [0, 0.05) is 18.0 Å². The van der Waals surface area contributed by atoms with Crippen LogP contribution in [0, 0.1) is 0 Å². The molecule has 0 saturated carbocycles. The number of aliphatic hydroxyl groups is 1. The Morgan fingerprint density at radius 3 is 2.82 bits per heavy atom. The highest BCUT2D eigenvalue weighted by Crippen LogP contribution is 1.99. The van der Waals surface area contributed by atoms with E-state index in [-0.39, 0.29) is 6.42 Å². The molecule has 1 atom stereocenters. The summed E-state index contributed by atoms with van der Waals surface area (Å²) in [5, 5.41) is 8.87. The van der Waals surface area contributed by atoms with E-state index in [1.54, 1.807) is 6.08 Å². The summed E-state index contributed by atoms with van der Waals surface area (Å²) in [6.07, 6.45) is 3.65. The van der Waals surface area contributed by atoms with Gasteiger partial charge in [0.2, 0.25) is 6.29 Å². The van der Waals surface area contributed by atoms with Gasteiger partial charge in [0.05, 0.1) is 0 Å². The van der Waals surface area contributed by atoms with Gasteiger partial charge in [0.1, 0.15) is 0 Å². The number of allylic oxidation sites excluding steroid dienone is 1. The minimum atomic E-state index is -1.12.